The van der Waals surface area contributed by atoms with Gasteiger partial charge in [0.1, 0.15) is 5.58 Å². The zero-order valence-corrected chi connectivity index (χ0v) is 10.7. The van der Waals surface area contributed by atoms with Crippen molar-refractivity contribution in [2.24, 2.45) is 0 Å². The van der Waals surface area contributed by atoms with E-state index in [1.54, 1.807) is 7.11 Å². The molecule has 3 heteroatoms. The summed E-state index contributed by atoms with van der Waals surface area (Å²) < 4.78 is 10.9. The van der Waals surface area contributed by atoms with Gasteiger partial charge in [0.05, 0.1) is 12.4 Å². The fourth-order valence-corrected chi connectivity index (χ4v) is 2.76. The van der Waals surface area contributed by atoms with Gasteiger partial charge in [-0.15, -0.1) is 0 Å². The van der Waals surface area contributed by atoms with Crippen molar-refractivity contribution >= 4 is 11.0 Å². The summed E-state index contributed by atoms with van der Waals surface area (Å²) >= 11 is 0. The quantitative estimate of drug-likeness (QED) is 0.898. The Hall–Kier alpha value is -1.32. The molecule has 3 rings (SSSR count). The molecule has 1 N–H and O–H groups in total. The summed E-state index contributed by atoms with van der Waals surface area (Å²) in [6.45, 7) is 0.873. The van der Waals surface area contributed by atoms with E-state index in [0.29, 0.717) is 12.1 Å². The average molecular weight is 245 g/mol. The molecule has 1 aliphatic rings. The van der Waals surface area contributed by atoms with Gasteiger partial charge in [-0.25, -0.2) is 0 Å². The lowest BCUT2D eigenvalue weighted by molar-refractivity contribution is 0.107. The number of fused-ring (bicyclic) bond motifs is 1. The summed E-state index contributed by atoms with van der Waals surface area (Å²) in [6, 6.07) is 8.75. The van der Waals surface area contributed by atoms with Gasteiger partial charge in [0.25, 0.3) is 0 Å². The van der Waals surface area contributed by atoms with Crippen LogP contribution in [0.4, 0.5) is 0 Å². The summed E-state index contributed by atoms with van der Waals surface area (Å²) in [6.07, 6.45) is 5.78. The summed E-state index contributed by atoms with van der Waals surface area (Å²) in [5.41, 5.74) is 2.21. The maximum Gasteiger partial charge on any atom is 0.134 e. The van der Waals surface area contributed by atoms with Gasteiger partial charge in [-0.05, 0) is 25.3 Å². The van der Waals surface area contributed by atoms with Crippen LogP contribution in [0.5, 0.6) is 0 Å². The number of nitrogens with one attached hydrogen (secondary N) is 1. The normalized spacial score (nSPS) is 23.8. The summed E-state index contributed by atoms with van der Waals surface area (Å²) in [5.74, 6) is 0. The van der Waals surface area contributed by atoms with Gasteiger partial charge in [0, 0.05) is 30.6 Å². The predicted molar refractivity (Wildman–Crippen MR) is 71.5 cm³/mol. The van der Waals surface area contributed by atoms with E-state index in [9.17, 15) is 0 Å². The minimum absolute atomic E-state index is 0.434. The van der Waals surface area contributed by atoms with Crippen molar-refractivity contribution in [2.75, 3.05) is 7.11 Å². The average Bonchev–Trinajstić information content (AvgIpc) is 3.03. The maximum absolute atomic E-state index is 5.54. The Balaban J connectivity index is 1.63. The van der Waals surface area contributed by atoms with Gasteiger partial charge in [-0.1, -0.05) is 18.2 Å². The molecule has 1 aromatic carbocycles. The smallest absolute Gasteiger partial charge is 0.134 e. The summed E-state index contributed by atoms with van der Waals surface area (Å²) in [4.78, 5) is 0. The van der Waals surface area contributed by atoms with Gasteiger partial charge >= 0.3 is 0 Å². The molecule has 18 heavy (non-hydrogen) atoms. The lowest BCUT2D eigenvalue weighted by atomic mass is 10.1. The standard InChI is InChI=1S/C15H19NO2/c1-17-13-7-6-12(8-13)16-9-11-10-18-15-5-3-2-4-14(11)15/h2-5,10,12-13,16H,6-9H2,1H3. The van der Waals surface area contributed by atoms with E-state index >= 15 is 0 Å². The van der Waals surface area contributed by atoms with Gasteiger partial charge in [-0.3, -0.25) is 0 Å². The lowest BCUT2D eigenvalue weighted by Crippen LogP contribution is -2.26. The number of furan rings is 1. The highest BCUT2D eigenvalue weighted by molar-refractivity contribution is 5.80. The Kier molecular flexibility index (Phi) is 3.35. The Morgan fingerprint density at radius 1 is 1.33 bits per heavy atom. The molecule has 0 bridgehead atoms. The maximum atomic E-state index is 5.54. The molecule has 1 heterocycles. The monoisotopic (exact) mass is 245 g/mol. The van der Waals surface area contributed by atoms with Crippen molar-refractivity contribution in [1.82, 2.24) is 5.32 Å². The molecule has 0 aliphatic heterocycles. The molecule has 1 saturated carbocycles. The molecule has 0 amide bonds. The lowest BCUT2D eigenvalue weighted by Gasteiger charge is -2.12. The van der Waals surface area contributed by atoms with Gasteiger partial charge in [0.2, 0.25) is 0 Å². The van der Waals surface area contributed by atoms with Crippen LogP contribution in [0.2, 0.25) is 0 Å². The largest absolute Gasteiger partial charge is 0.464 e. The Morgan fingerprint density at radius 3 is 3.06 bits per heavy atom. The second-order valence-electron chi connectivity index (χ2n) is 5.01. The zero-order valence-electron chi connectivity index (χ0n) is 10.7. The number of benzene rings is 1. The second kappa shape index (κ2) is 5.12. The molecule has 2 aromatic rings. The number of hydrogen-bond acceptors (Lipinski definition) is 3. The molecule has 1 aromatic heterocycles. The molecule has 0 saturated heterocycles. The minimum Gasteiger partial charge on any atom is -0.464 e. The van der Waals surface area contributed by atoms with Gasteiger partial charge in [-0.2, -0.15) is 0 Å². The van der Waals surface area contributed by atoms with E-state index in [2.05, 4.69) is 17.4 Å². The Morgan fingerprint density at radius 2 is 2.22 bits per heavy atom. The molecule has 2 atom stereocenters. The first-order chi connectivity index (χ1) is 8.86. The fraction of sp³-hybridized carbons (Fsp3) is 0.467. The zero-order chi connectivity index (χ0) is 12.4. The van der Waals surface area contributed by atoms with E-state index in [-0.39, 0.29) is 0 Å². The van der Waals surface area contributed by atoms with Crippen LogP contribution in [0.15, 0.2) is 34.9 Å². The van der Waals surface area contributed by atoms with E-state index in [1.807, 2.05) is 18.4 Å². The first-order valence-corrected chi connectivity index (χ1v) is 6.58. The summed E-state index contributed by atoms with van der Waals surface area (Å²) in [7, 11) is 1.80. The molecule has 0 spiro atoms. The number of ether oxygens (including phenoxy) is 1. The predicted octanol–water partition coefficient (Wildman–Crippen LogP) is 3.09. The highest BCUT2D eigenvalue weighted by Crippen LogP contribution is 2.24. The topological polar surface area (TPSA) is 34.4 Å². The van der Waals surface area contributed by atoms with Gasteiger partial charge < -0.3 is 14.5 Å². The Labute approximate surface area is 107 Å². The number of rotatable bonds is 4. The first-order valence-electron chi connectivity index (χ1n) is 6.58. The third-order valence-corrected chi connectivity index (χ3v) is 3.86. The first kappa shape index (κ1) is 11.8. The van der Waals surface area contributed by atoms with Gasteiger partial charge in [0.15, 0.2) is 0 Å². The number of para-hydroxylation sites is 1. The number of hydrogen-bond donors (Lipinski definition) is 1. The summed E-state index contributed by atoms with van der Waals surface area (Å²) in [5, 5.41) is 4.81. The van der Waals surface area contributed by atoms with Crippen molar-refractivity contribution in [3.8, 4) is 0 Å². The van der Waals surface area contributed by atoms with Crippen LogP contribution < -0.4 is 5.32 Å². The molecule has 0 radical (unpaired) electrons. The third-order valence-electron chi connectivity index (χ3n) is 3.86. The second-order valence-corrected chi connectivity index (χ2v) is 5.01. The van der Waals surface area contributed by atoms with Crippen LogP contribution in [0, 0.1) is 0 Å². The minimum atomic E-state index is 0.434. The van der Waals surface area contributed by atoms with Crippen molar-refractivity contribution in [3.63, 3.8) is 0 Å². The van der Waals surface area contributed by atoms with Crippen LogP contribution >= 0.6 is 0 Å². The molecule has 96 valence electrons. The molecule has 3 nitrogen and oxygen atoms in total. The molecular formula is C15H19NO2. The van der Waals surface area contributed by atoms with Crippen molar-refractivity contribution in [3.05, 3.63) is 36.1 Å². The highest BCUT2D eigenvalue weighted by Gasteiger charge is 2.23. The van der Waals surface area contributed by atoms with E-state index in [0.717, 1.165) is 18.5 Å². The van der Waals surface area contributed by atoms with Crippen molar-refractivity contribution in [1.29, 1.82) is 0 Å². The van der Waals surface area contributed by atoms with Crippen molar-refractivity contribution in [2.45, 2.75) is 38.0 Å². The van der Waals surface area contributed by atoms with Crippen LogP contribution in [0.25, 0.3) is 11.0 Å². The fourth-order valence-electron chi connectivity index (χ4n) is 2.76. The van der Waals surface area contributed by atoms with Crippen LogP contribution in [-0.2, 0) is 11.3 Å². The molecular weight excluding hydrogens is 226 g/mol. The molecule has 1 fully saturated rings. The van der Waals surface area contributed by atoms with E-state index in [1.165, 1.54) is 23.8 Å². The molecule has 2 unspecified atom stereocenters. The van der Waals surface area contributed by atoms with Crippen LogP contribution in [0.1, 0.15) is 24.8 Å². The van der Waals surface area contributed by atoms with Crippen molar-refractivity contribution < 1.29 is 9.15 Å². The highest BCUT2D eigenvalue weighted by atomic mass is 16.5. The SMILES string of the molecule is COC1CCC(NCc2coc3ccccc23)C1. The number of methoxy groups -OCH3 is 1. The van der Waals surface area contributed by atoms with Crippen LogP contribution in [-0.4, -0.2) is 19.3 Å². The van der Waals surface area contributed by atoms with Crippen LogP contribution in [0.3, 0.4) is 0 Å². The third kappa shape index (κ3) is 2.28. The van der Waals surface area contributed by atoms with E-state index < -0.39 is 0 Å². The molecule has 1 aliphatic carbocycles. The van der Waals surface area contributed by atoms with E-state index in [4.69, 9.17) is 9.15 Å². The Bertz CT molecular complexity index is 520.